The summed E-state index contributed by atoms with van der Waals surface area (Å²) in [5, 5.41) is 0.856. The predicted molar refractivity (Wildman–Crippen MR) is 86.7 cm³/mol. The molecule has 2 N–H and O–H groups in total. The molecule has 3 aromatic rings. The Kier molecular flexibility index (Phi) is 3.86. The Morgan fingerprint density at radius 2 is 1.50 bits per heavy atom. The van der Waals surface area contributed by atoms with Gasteiger partial charge in [0.2, 0.25) is 9.84 Å². The molecule has 1 aromatic heterocycles. The molecule has 0 aliphatic heterocycles. The summed E-state index contributed by atoms with van der Waals surface area (Å²) in [5.74, 6) is 0.484. The van der Waals surface area contributed by atoms with E-state index in [9.17, 15) is 8.42 Å². The highest BCUT2D eigenvalue weighted by Gasteiger charge is 2.17. The number of nitrogen functional groups attached to an aromatic ring is 1. The molecule has 0 spiro atoms. The van der Waals surface area contributed by atoms with Crippen molar-refractivity contribution in [3.05, 3.63) is 53.6 Å². The number of halogens is 1. The molecule has 8 heteroatoms. The van der Waals surface area contributed by atoms with Gasteiger partial charge in [-0.1, -0.05) is 11.6 Å². The third-order valence-electron chi connectivity index (χ3n) is 2.99. The molecule has 0 unspecified atom stereocenters. The Labute approximate surface area is 136 Å². The van der Waals surface area contributed by atoms with Gasteiger partial charge in [0.25, 0.3) is 0 Å². The summed E-state index contributed by atoms with van der Waals surface area (Å²) in [7, 11) is -3.57. The van der Waals surface area contributed by atoms with Gasteiger partial charge in [-0.2, -0.15) is 9.36 Å². The monoisotopic (exact) mass is 351 g/mol. The molecule has 0 atom stereocenters. The van der Waals surface area contributed by atoms with Gasteiger partial charge in [0.1, 0.15) is 0 Å². The molecule has 5 nitrogen and oxygen atoms in total. The lowest BCUT2D eigenvalue weighted by Gasteiger charge is -2.05. The third kappa shape index (κ3) is 2.83. The molecular weight excluding hydrogens is 342 g/mol. The molecule has 0 amide bonds. The molecule has 0 fully saturated rings. The minimum Gasteiger partial charge on any atom is -0.374 e. The lowest BCUT2D eigenvalue weighted by Crippen LogP contribution is -2.01. The van der Waals surface area contributed by atoms with E-state index in [4.69, 9.17) is 17.3 Å². The topological polar surface area (TPSA) is 85.9 Å². The van der Waals surface area contributed by atoms with Crippen molar-refractivity contribution in [3.8, 4) is 11.4 Å². The van der Waals surface area contributed by atoms with Crippen LogP contribution in [0.15, 0.2) is 58.3 Å². The van der Waals surface area contributed by atoms with Crippen LogP contribution in [0.3, 0.4) is 0 Å². The van der Waals surface area contributed by atoms with Crippen molar-refractivity contribution in [2.75, 3.05) is 5.73 Å². The Hall–Kier alpha value is -1.96. The second-order valence-corrected chi connectivity index (χ2v) is 7.61. The number of hydrogen-bond donors (Lipinski definition) is 1. The maximum absolute atomic E-state index is 12.5. The average molecular weight is 352 g/mol. The molecule has 1 heterocycles. The number of sulfone groups is 1. The SMILES string of the molecule is Nc1nc(-c2ccc(S(=O)(=O)c3ccc(Cl)cc3)cc2)ns1. The highest BCUT2D eigenvalue weighted by atomic mass is 35.5. The zero-order valence-corrected chi connectivity index (χ0v) is 13.5. The molecule has 0 saturated carbocycles. The van der Waals surface area contributed by atoms with E-state index in [1.54, 1.807) is 24.3 Å². The second kappa shape index (κ2) is 5.68. The molecule has 0 bridgehead atoms. The van der Waals surface area contributed by atoms with Gasteiger partial charge in [0.05, 0.1) is 9.79 Å². The number of nitrogens with two attached hydrogens (primary N) is 1. The molecule has 22 heavy (non-hydrogen) atoms. The van der Waals surface area contributed by atoms with Crippen molar-refractivity contribution in [1.82, 2.24) is 9.36 Å². The van der Waals surface area contributed by atoms with Gasteiger partial charge in [0, 0.05) is 22.1 Å². The summed E-state index contributed by atoms with van der Waals surface area (Å²) >= 11 is 6.87. The standard InChI is InChI=1S/C14H10ClN3O2S2/c15-10-3-7-12(8-4-10)22(19,20)11-5-1-9(2-6-11)13-17-14(16)21-18-13/h1-8H,(H2,16,17,18). The lowest BCUT2D eigenvalue weighted by atomic mass is 10.2. The van der Waals surface area contributed by atoms with Gasteiger partial charge in [-0.05, 0) is 48.5 Å². The summed E-state index contributed by atoms with van der Waals surface area (Å²) in [6.45, 7) is 0. The van der Waals surface area contributed by atoms with Crippen molar-refractivity contribution in [2.45, 2.75) is 9.79 Å². The highest BCUT2D eigenvalue weighted by Crippen LogP contribution is 2.25. The highest BCUT2D eigenvalue weighted by molar-refractivity contribution is 7.91. The molecule has 0 aliphatic rings. The maximum Gasteiger partial charge on any atom is 0.206 e. The van der Waals surface area contributed by atoms with Crippen LogP contribution in [0.4, 0.5) is 5.13 Å². The average Bonchev–Trinajstić information content (AvgIpc) is 2.94. The smallest absolute Gasteiger partial charge is 0.206 e. The Morgan fingerprint density at radius 3 is 2.00 bits per heavy atom. The van der Waals surface area contributed by atoms with Crippen LogP contribution in [0.2, 0.25) is 5.02 Å². The van der Waals surface area contributed by atoms with Gasteiger partial charge in [0.15, 0.2) is 11.0 Å². The van der Waals surface area contributed by atoms with E-state index in [0.717, 1.165) is 11.5 Å². The van der Waals surface area contributed by atoms with Gasteiger partial charge in [-0.25, -0.2) is 8.42 Å². The van der Waals surface area contributed by atoms with Crippen LogP contribution in [0.5, 0.6) is 0 Å². The van der Waals surface area contributed by atoms with Crippen molar-refractivity contribution in [1.29, 1.82) is 0 Å². The van der Waals surface area contributed by atoms with E-state index in [2.05, 4.69) is 9.36 Å². The zero-order valence-electron chi connectivity index (χ0n) is 11.1. The van der Waals surface area contributed by atoms with Gasteiger partial charge in [-0.15, -0.1) is 0 Å². The lowest BCUT2D eigenvalue weighted by molar-refractivity contribution is 0.596. The van der Waals surface area contributed by atoms with Gasteiger partial charge >= 0.3 is 0 Å². The second-order valence-electron chi connectivity index (χ2n) is 4.44. The van der Waals surface area contributed by atoms with Gasteiger partial charge < -0.3 is 5.73 Å². The van der Waals surface area contributed by atoms with Crippen LogP contribution in [0, 0.1) is 0 Å². The van der Waals surface area contributed by atoms with Crippen molar-refractivity contribution >= 4 is 38.1 Å². The fourth-order valence-electron chi connectivity index (χ4n) is 1.89. The number of benzene rings is 2. The van der Waals surface area contributed by atoms with Crippen molar-refractivity contribution in [2.24, 2.45) is 0 Å². The van der Waals surface area contributed by atoms with E-state index in [1.807, 2.05) is 0 Å². The largest absolute Gasteiger partial charge is 0.374 e. The van der Waals surface area contributed by atoms with Crippen LogP contribution in [0.25, 0.3) is 11.4 Å². The Morgan fingerprint density at radius 1 is 0.955 bits per heavy atom. The maximum atomic E-state index is 12.5. The number of hydrogen-bond acceptors (Lipinski definition) is 6. The first-order valence-corrected chi connectivity index (χ1v) is 8.80. The van der Waals surface area contributed by atoms with E-state index in [0.29, 0.717) is 21.5 Å². The van der Waals surface area contributed by atoms with E-state index >= 15 is 0 Å². The van der Waals surface area contributed by atoms with E-state index < -0.39 is 9.84 Å². The van der Waals surface area contributed by atoms with Crippen LogP contribution in [-0.2, 0) is 9.84 Å². The first-order chi connectivity index (χ1) is 10.5. The fourth-order valence-corrected chi connectivity index (χ4v) is 3.73. The molecular formula is C14H10ClN3O2S2. The number of nitrogens with zero attached hydrogens (tertiary/aromatic N) is 2. The summed E-state index contributed by atoms with van der Waals surface area (Å²) in [5.41, 5.74) is 6.25. The van der Waals surface area contributed by atoms with Crippen molar-refractivity contribution < 1.29 is 8.42 Å². The molecule has 2 aromatic carbocycles. The first-order valence-electron chi connectivity index (χ1n) is 6.17. The quantitative estimate of drug-likeness (QED) is 0.782. The number of rotatable bonds is 3. The molecule has 3 rings (SSSR count). The number of anilines is 1. The van der Waals surface area contributed by atoms with E-state index in [-0.39, 0.29) is 9.79 Å². The van der Waals surface area contributed by atoms with Crippen molar-refractivity contribution in [3.63, 3.8) is 0 Å². The normalized spacial score (nSPS) is 11.5. The summed E-state index contributed by atoms with van der Waals surface area (Å²) in [6, 6.07) is 12.4. The van der Waals surface area contributed by atoms with E-state index in [1.165, 1.54) is 24.3 Å². The molecule has 112 valence electrons. The van der Waals surface area contributed by atoms with Crippen LogP contribution in [0.1, 0.15) is 0 Å². The summed E-state index contributed by atoms with van der Waals surface area (Å²) in [6.07, 6.45) is 0. The zero-order chi connectivity index (χ0) is 15.7. The first kappa shape index (κ1) is 15.0. The fraction of sp³-hybridized carbons (Fsp3) is 0. The van der Waals surface area contributed by atoms with Crippen LogP contribution < -0.4 is 5.73 Å². The minimum absolute atomic E-state index is 0.195. The Bertz CT molecular complexity index is 904. The molecule has 0 saturated heterocycles. The predicted octanol–water partition coefficient (Wildman–Crippen LogP) is 3.27. The Balaban J connectivity index is 1.96. The summed E-state index contributed by atoms with van der Waals surface area (Å²) in [4.78, 5) is 4.45. The molecule has 0 aliphatic carbocycles. The van der Waals surface area contributed by atoms with Crippen LogP contribution >= 0.6 is 23.1 Å². The van der Waals surface area contributed by atoms with Gasteiger partial charge in [-0.3, -0.25) is 0 Å². The third-order valence-corrected chi connectivity index (χ3v) is 5.57. The number of aromatic nitrogens is 2. The summed E-state index contributed by atoms with van der Waals surface area (Å²) < 4.78 is 29.1. The van der Waals surface area contributed by atoms with Crippen LogP contribution in [-0.4, -0.2) is 17.8 Å². The molecule has 0 radical (unpaired) electrons. The minimum atomic E-state index is -3.57.